The molecular formula is C8H5F5INO. The van der Waals surface area contributed by atoms with Gasteiger partial charge in [0.15, 0.2) is 5.69 Å². The number of hydrogen-bond donors (Lipinski definition) is 1. The molecule has 0 aromatic carbocycles. The third kappa shape index (κ3) is 2.78. The highest BCUT2D eigenvalue weighted by Gasteiger charge is 2.38. The van der Waals surface area contributed by atoms with Crippen molar-refractivity contribution in [3.63, 3.8) is 0 Å². The lowest BCUT2D eigenvalue weighted by atomic mass is 10.1. The lowest BCUT2D eigenvalue weighted by Crippen LogP contribution is -2.14. The first-order valence-electron chi connectivity index (χ1n) is 3.93. The first-order chi connectivity index (χ1) is 7.27. The summed E-state index contributed by atoms with van der Waals surface area (Å²) in [6.07, 6.45) is -8.22. The molecule has 1 N–H and O–H groups in total. The minimum absolute atomic E-state index is 0.0519. The first-order valence-corrected chi connectivity index (χ1v) is 5.00. The molecule has 0 aliphatic heterocycles. The summed E-state index contributed by atoms with van der Waals surface area (Å²) in [4.78, 5) is 3.06. The van der Waals surface area contributed by atoms with Crippen LogP contribution in [0, 0.1) is 3.70 Å². The summed E-state index contributed by atoms with van der Waals surface area (Å²) >= 11 is 1.45. The van der Waals surface area contributed by atoms with Gasteiger partial charge in [-0.15, -0.1) is 0 Å². The highest BCUT2D eigenvalue weighted by molar-refractivity contribution is 14.1. The predicted molar refractivity (Wildman–Crippen MR) is 52.8 cm³/mol. The number of aliphatic hydroxyl groups excluding tert-OH is 1. The van der Waals surface area contributed by atoms with Crippen LogP contribution in [0.2, 0.25) is 0 Å². The second kappa shape index (κ2) is 4.78. The average molecular weight is 353 g/mol. The molecular weight excluding hydrogens is 348 g/mol. The van der Waals surface area contributed by atoms with Gasteiger partial charge in [-0.25, -0.2) is 13.8 Å². The molecule has 0 radical (unpaired) electrons. The van der Waals surface area contributed by atoms with Crippen molar-refractivity contribution in [3.05, 3.63) is 26.6 Å². The lowest BCUT2D eigenvalue weighted by molar-refractivity contribution is -0.143. The highest BCUT2D eigenvalue weighted by Crippen LogP contribution is 2.36. The van der Waals surface area contributed by atoms with Gasteiger partial charge in [0.25, 0.3) is 6.43 Å². The van der Waals surface area contributed by atoms with E-state index in [0.29, 0.717) is 6.07 Å². The summed E-state index contributed by atoms with van der Waals surface area (Å²) in [7, 11) is 0. The zero-order valence-corrected chi connectivity index (χ0v) is 9.68. The van der Waals surface area contributed by atoms with Crippen molar-refractivity contribution < 1.29 is 27.1 Å². The van der Waals surface area contributed by atoms with Crippen molar-refractivity contribution in [2.45, 2.75) is 19.2 Å². The Hall–Kier alpha value is -0.510. The minimum atomic E-state index is -4.93. The number of pyridine rings is 1. The Labute approximate surface area is 101 Å². The van der Waals surface area contributed by atoms with Gasteiger partial charge in [-0.05, 0) is 28.7 Å². The molecule has 1 heterocycles. The standard InChI is InChI=1S/C8H5F5INO/c9-6(10)4-1-3(2-16)7(14)15-5(4)8(11,12)13/h1,6,16H,2H2. The highest BCUT2D eigenvalue weighted by atomic mass is 127. The minimum Gasteiger partial charge on any atom is -0.392 e. The van der Waals surface area contributed by atoms with Crippen molar-refractivity contribution in [1.29, 1.82) is 0 Å². The Morgan fingerprint density at radius 2 is 1.94 bits per heavy atom. The van der Waals surface area contributed by atoms with Gasteiger partial charge in [0.1, 0.15) is 3.70 Å². The van der Waals surface area contributed by atoms with E-state index in [1.54, 1.807) is 0 Å². The number of rotatable bonds is 2. The van der Waals surface area contributed by atoms with Crippen LogP contribution in [0.4, 0.5) is 22.0 Å². The molecule has 0 saturated heterocycles. The molecule has 0 aliphatic rings. The molecule has 0 unspecified atom stereocenters. The second-order valence-electron chi connectivity index (χ2n) is 2.83. The summed E-state index contributed by atoms with van der Waals surface area (Å²) in [5, 5.41) is 8.75. The first kappa shape index (κ1) is 13.6. The molecule has 90 valence electrons. The normalized spacial score (nSPS) is 12.2. The van der Waals surface area contributed by atoms with E-state index in [0.717, 1.165) is 0 Å². The summed E-state index contributed by atoms with van der Waals surface area (Å²) in [5.41, 5.74) is -2.87. The van der Waals surface area contributed by atoms with Crippen LogP contribution in [-0.2, 0) is 12.8 Å². The van der Waals surface area contributed by atoms with Crippen LogP contribution in [0.3, 0.4) is 0 Å². The van der Waals surface area contributed by atoms with Crippen LogP contribution < -0.4 is 0 Å². The largest absolute Gasteiger partial charge is 0.433 e. The predicted octanol–water partition coefficient (Wildman–Crippen LogP) is 3.13. The van der Waals surface area contributed by atoms with Gasteiger partial charge in [0.2, 0.25) is 0 Å². The van der Waals surface area contributed by atoms with Crippen LogP contribution in [0.15, 0.2) is 6.07 Å². The van der Waals surface area contributed by atoms with Crippen molar-refractivity contribution >= 4 is 22.6 Å². The molecule has 8 heteroatoms. The Morgan fingerprint density at radius 1 is 1.38 bits per heavy atom. The van der Waals surface area contributed by atoms with Gasteiger partial charge in [-0.1, -0.05) is 0 Å². The summed E-state index contributed by atoms with van der Waals surface area (Å²) in [5.74, 6) is 0. The van der Waals surface area contributed by atoms with E-state index in [1.807, 2.05) is 0 Å². The van der Waals surface area contributed by atoms with E-state index < -0.39 is 30.5 Å². The molecule has 1 aromatic heterocycles. The van der Waals surface area contributed by atoms with Crippen molar-refractivity contribution in [2.75, 3.05) is 0 Å². The number of nitrogens with zero attached hydrogens (tertiary/aromatic N) is 1. The Bertz CT molecular complexity index is 393. The van der Waals surface area contributed by atoms with Gasteiger partial charge >= 0.3 is 6.18 Å². The third-order valence-corrected chi connectivity index (χ3v) is 2.69. The number of hydrogen-bond acceptors (Lipinski definition) is 2. The Kier molecular flexibility index (Phi) is 4.05. The molecule has 0 amide bonds. The number of alkyl halides is 5. The fourth-order valence-electron chi connectivity index (χ4n) is 1.05. The summed E-state index contributed by atoms with van der Waals surface area (Å²) in [6, 6.07) is 0.627. The van der Waals surface area contributed by atoms with Crippen LogP contribution in [0.5, 0.6) is 0 Å². The molecule has 0 spiro atoms. The summed E-state index contributed by atoms with van der Waals surface area (Å²) in [6.45, 7) is -0.636. The van der Waals surface area contributed by atoms with Crippen LogP contribution in [-0.4, -0.2) is 10.1 Å². The molecule has 1 aromatic rings. The maximum absolute atomic E-state index is 12.4. The Morgan fingerprint density at radius 3 is 2.31 bits per heavy atom. The third-order valence-electron chi connectivity index (χ3n) is 1.75. The molecule has 0 atom stereocenters. The molecule has 0 bridgehead atoms. The van der Waals surface area contributed by atoms with Crippen molar-refractivity contribution in [3.8, 4) is 0 Å². The maximum atomic E-state index is 12.4. The van der Waals surface area contributed by atoms with Gasteiger partial charge in [0, 0.05) is 11.1 Å². The Balaban J connectivity index is 3.42. The van der Waals surface area contributed by atoms with Crippen LogP contribution >= 0.6 is 22.6 Å². The molecule has 0 fully saturated rings. The molecule has 0 aliphatic carbocycles. The zero-order chi connectivity index (χ0) is 12.5. The SMILES string of the molecule is OCc1cc(C(F)F)c(C(F)(F)F)nc1I. The fourth-order valence-corrected chi connectivity index (χ4v) is 1.62. The molecule has 16 heavy (non-hydrogen) atoms. The zero-order valence-electron chi connectivity index (χ0n) is 7.52. The average Bonchev–Trinajstić information content (AvgIpc) is 2.15. The van der Waals surface area contributed by atoms with Gasteiger partial charge < -0.3 is 5.11 Å². The van der Waals surface area contributed by atoms with E-state index in [4.69, 9.17) is 5.11 Å². The number of aromatic nitrogens is 1. The maximum Gasteiger partial charge on any atom is 0.433 e. The molecule has 1 rings (SSSR count). The van der Waals surface area contributed by atoms with E-state index in [1.165, 1.54) is 22.6 Å². The van der Waals surface area contributed by atoms with Gasteiger partial charge in [-0.3, -0.25) is 0 Å². The van der Waals surface area contributed by atoms with E-state index in [-0.39, 0.29) is 9.26 Å². The van der Waals surface area contributed by atoms with Crippen molar-refractivity contribution in [1.82, 2.24) is 4.98 Å². The van der Waals surface area contributed by atoms with E-state index >= 15 is 0 Å². The lowest BCUT2D eigenvalue weighted by Gasteiger charge is -2.13. The smallest absolute Gasteiger partial charge is 0.392 e. The van der Waals surface area contributed by atoms with E-state index in [2.05, 4.69) is 4.98 Å². The number of aliphatic hydroxyl groups is 1. The van der Waals surface area contributed by atoms with Gasteiger partial charge in [0.05, 0.1) is 6.61 Å². The topological polar surface area (TPSA) is 33.1 Å². The summed E-state index contributed by atoms with van der Waals surface area (Å²) < 4.78 is 61.7. The molecule has 2 nitrogen and oxygen atoms in total. The van der Waals surface area contributed by atoms with E-state index in [9.17, 15) is 22.0 Å². The van der Waals surface area contributed by atoms with Crippen molar-refractivity contribution in [2.24, 2.45) is 0 Å². The number of halogens is 6. The quantitative estimate of drug-likeness (QED) is 0.504. The van der Waals surface area contributed by atoms with Crippen LogP contribution in [0.25, 0.3) is 0 Å². The fraction of sp³-hybridized carbons (Fsp3) is 0.375. The van der Waals surface area contributed by atoms with Crippen LogP contribution in [0.1, 0.15) is 23.2 Å². The van der Waals surface area contributed by atoms with Gasteiger partial charge in [-0.2, -0.15) is 13.2 Å². The monoisotopic (exact) mass is 353 g/mol. The molecule has 0 saturated carbocycles. The second-order valence-corrected chi connectivity index (χ2v) is 3.85.